The third-order valence-corrected chi connectivity index (χ3v) is 5.11. The van der Waals surface area contributed by atoms with Crippen LogP contribution >= 0.6 is 27.5 Å². The maximum atomic E-state index is 13.2. The molecule has 1 aliphatic heterocycles. The van der Waals surface area contributed by atoms with Crippen LogP contribution in [-0.2, 0) is 14.3 Å². The Hall–Kier alpha value is -2.57. The maximum Gasteiger partial charge on any atom is 0.340 e. The van der Waals surface area contributed by atoms with Crippen LogP contribution in [0.1, 0.15) is 12.5 Å². The second kappa shape index (κ2) is 8.20. The minimum absolute atomic E-state index is 0.212. The molecule has 0 bridgehead atoms. The quantitative estimate of drug-likeness (QED) is 0.474. The van der Waals surface area contributed by atoms with E-state index in [2.05, 4.69) is 15.9 Å². The van der Waals surface area contributed by atoms with Crippen molar-refractivity contribution in [2.24, 2.45) is 0 Å². The van der Waals surface area contributed by atoms with Crippen LogP contribution in [0.5, 0.6) is 5.75 Å². The fraction of sp³-hybridized carbons (Fsp3) is 0.143. The highest BCUT2D eigenvalue weighted by Gasteiger charge is 2.38. The molecular formula is C21H17BrClNO4. The van der Waals surface area contributed by atoms with E-state index < -0.39 is 5.97 Å². The third kappa shape index (κ3) is 3.70. The number of allylic oxidation sites excluding steroid dienone is 1. The van der Waals surface area contributed by atoms with Gasteiger partial charge in [0.05, 0.1) is 25.4 Å². The standard InChI is InChI=1S/C21H17BrClNO4/c1-12-19(21(26)28-3)17(11-13-10-14(22)4-9-18(13)27-2)20(25)24(12)16-7-5-15(23)6-8-16/h4-11H,1-3H3/b17-11-. The van der Waals surface area contributed by atoms with Gasteiger partial charge < -0.3 is 9.47 Å². The van der Waals surface area contributed by atoms with Crippen LogP contribution in [0.3, 0.4) is 0 Å². The molecular weight excluding hydrogens is 446 g/mol. The van der Waals surface area contributed by atoms with E-state index in [-0.39, 0.29) is 17.1 Å². The molecule has 0 saturated carbocycles. The Kier molecular flexibility index (Phi) is 5.91. The molecule has 2 aromatic rings. The van der Waals surface area contributed by atoms with Gasteiger partial charge in [-0.3, -0.25) is 9.69 Å². The highest BCUT2D eigenvalue weighted by molar-refractivity contribution is 9.10. The van der Waals surface area contributed by atoms with E-state index in [1.807, 2.05) is 12.1 Å². The predicted molar refractivity (Wildman–Crippen MR) is 112 cm³/mol. The lowest BCUT2D eigenvalue weighted by molar-refractivity contribution is -0.136. The number of carbonyl (C=O) groups excluding carboxylic acids is 2. The van der Waals surface area contributed by atoms with Crippen LogP contribution in [-0.4, -0.2) is 26.1 Å². The number of rotatable bonds is 4. The summed E-state index contributed by atoms with van der Waals surface area (Å²) in [5, 5.41) is 0.555. The second-order valence-corrected chi connectivity index (χ2v) is 7.37. The molecule has 28 heavy (non-hydrogen) atoms. The zero-order valence-electron chi connectivity index (χ0n) is 15.5. The number of hydrogen-bond acceptors (Lipinski definition) is 4. The van der Waals surface area contributed by atoms with Gasteiger partial charge >= 0.3 is 5.97 Å². The van der Waals surface area contributed by atoms with Crippen molar-refractivity contribution >= 4 is 51.2 Å². The van der Waals surface area contributed by atoms with Crippen LogP contribution in [0.4, 0.5) is 5.69 Å². The number of amides is 1. The van der Waals surface area contributed by atoms with Crippen molar-refractivity contribution in [2.45, 2.75) is 6.92 Å². The van der Waals surface area contributed by atoms with E-state index in [1.54, 1.807) is 50.4 Å². The Morgan fingerprint density at radius 1 is 1.14 bits per heavy atom. The predicted octanol–water partition coefficient (Wildman–Crippen LogP) is 4.99. The van der Waals surface area contributed by atoms with Gasteiger partial charge in [-0.2, -0.15) is 0 Å². The molecule has 5 nitrogen and oxygen atoms in total. The molecule has 1 heterocycles. The number of carbonyl (C=O) groups is 2. The monoisotopic (exact) mass is 461 g/mol. The maximum absolute atomic E-state index is 13.2. The Bertz CT molecular complexity index is 1010. The number of methoxy groups -OCH3 is 2. The van der Waals surface area contributed by atoms with Gasteiger partial charge in [0.2, 0.25) is 0 Å². The number of esters is 1. The normalized spacial score (nSPS) is 15.4. The van der Waals surface area contributed by atoms with Crippen molar-refractivity contribution in [2.75, 3.05) is 19.1 Å². The average molecular weight is 463 g/mol. The molecule has 144 valence electrons. The number of benzene rings is 2. The van der Waals surface area contributed by atoms with Crippen LogP contribution < -0.4 is 9.64 Å². The minimum atomic E-state index is -0.581. The molecule has 0 N–H and O–H groups in total. The average Bonchev–Trinajstić information content (AvgIpc) is 2.92. The lowest BCUT2D eigenvalue weighted by Crippen LogP contribution is -2.24. The summed E-state index contributed by atoms with van der Waals surface area (Å²) >= 11 is 9.38. The van der Waals surface area contributed by atoms with Crippen molar-refractivity contribution in [3.8, 4) is 5.75 Å². The number of anilines is 1. The molecule has 0 saturated heterocycles. The highest BCUT2D eigenvalue weighted by atomic mass is 79.9. The van der Waals surface area contributed by atoms with Gasteiger partial charge in [-0.05, 0) is 55.5 Å². The van der Waals surface area contributed by atoms with Crippen LogP contribution in [0.25, 0.3) is 6.08 Å². The molecule has 7 heteroatoms. The van der Waals surface area contributed by atoms with E-state index in [0.717, 1.165) is 4.47 Å². The van der Waals surface area contributed by atoms with Gasteiger partial charge in [-0.25, -0.2) is 4.79 Å². The van der Waals surface area contributed by atoms with Crippen LogP contribution in [0.2, 0.25) is 5.02 Å². The first-order chi connectivity index (χ1) is 13.4. The number of nitrogens with zero attached hydrogens (tertiary/aromatic N) is 1. The summed E-state index contributed by atoms with van der Waals surface area (Å²) in [7, 11) is 2.83. The molecule has 2 aromatic carbocycles. The minimum Gasteiger partial charge on any atom is -0.496 e. The summed E-state index contributed by atoms with van der Waals surface area (Å²) in [5.74, 6) is -0.333. The van der Waals surface area contributed by atoms with E-state index in [9.17, 15) is 9.59 Å². The lowest BCUT2D eigenvalue weighted by atomic mass is 10.0. The largest absolute Gasteiger partial charge is 0.496 e. The number of halogens is 2. The summed E-state index contributed by atoms with van der Waals surface area (Å²) in [6, 6.07) is 12.3. The molecule has 0 unspecified atom stereocenters. The summed E-state index contributed by atoms with van der Waals surface area (Å²) in [6.45, 7) is 1.71. The van der Waals surface area contributed by atoms with Crippen molar-refractivity contribution in [1.82, 2.24) is 0 Å². The summed E-state index contributed by atoms with van der Waals surface area (Å²) in [4.78, 5) is 27.2. The fourth-order valence-corrected chi connectivity index (χ4v) is 3.56. The molecule has 0 aliphatic carbocycles. The molecule has 0 atom stereocenters. The topological polar surface area (TPSA) is 55.8 Å². The van der Waals surface area contributed by atoms with Gasteiger partial charge in [0.1, 0.15) is 5.75 Å². The molecule has 0 spiro atoms. The molecule has 3 rings (SSSR count). The van der Waals surface area contributed by atoms with Gasteiger partial charge in [-0.15, -0.1) is 0 Å². The first-order valence-electron chi connectivity index (χ1n) is 8.32. The number of ether oxygens (including phenoxy) is 2. The van der Waals surface area contributed by atoms with E-state index >= 15 is 0 Å². The summed E-state index contributed by atoms with van der Waals surface area (Å²) in [6.07, 6.45) is 1.64. The van der Waals surface area contributed by atoms with Gasteiger partial charge in [0, 0.05) is 26.4 Å². The summed E-state index contributed by atoms with van der Waals surface area (Å²) in [5.41, 5.74) is 2.20. The highest BCUT2D eigenvalue weighted by Crippen LogP contribution is 2.37. The first kappa shape index (κ1) is 20.2. The zero-order valence-corrected chi connectivity index (χ0v) is 17.8. The van der Waals surface area contributed by atoms with E-state index in [0.29, 0.717) is 27.7 Å². The molecule has 0 fully saturated rings. The van der Waals surface area contributed by atoms with Gasteiger partial charge in [0.25, 0.3) is 5.91 Å². The number of hydrogen-bond donors (Lipinski definition) is 0. The van der Waals surface area contributed by atoms with E-state index in [4.69, 9.17) is 21.1 Å². The van der Waals surface area contributed by atoms with Crippen molar-refractivity contribution in [3.05, 3.63) is 74.4 Å². The van der Waals surface area contributed by atoms with Crippen LogP contribution in [0.15, 0.2) is 63.8 Å². The second-order valence-electron chi connectivity index (χ2n) is 6.01. The Labute approximate surface area is 176 Å². The Morgan fingerprint density at radius 3 is 2.43 bits per heavy atom. The fourth-order valence-electron chi connectivity index (χ4n) is 3.05. The molecule has 1 amide bonds. The van der Waals surface area contributed by atoms with Crippen LogP contribution in [0, 0.1) is 0 Å². The Morgan fingerprint density at radius 2 is 1.82 bits per heavy atom. The zero-order chi connectivity index (χ0) is 20.4. The lowest BCUT2D eigenvalue weighted by Gasteiger charge is -2.18. The smallest absolute Gasteiger partial charge is 0.340 e. The summed E-state index contributed by atoms with van der Waals surface area (Å²) < 4.78 is 11.1. The molecule has 1 aliphatic rings. The molecule has 0 radical (unpaired) electrons. The van der Waals surface area contributed by atoms with Crippen molar-refractivity contribution < 1.29 is 19.1 Å². The Balaban J connectivity index is 2.18. The van der Waals surface area contributed by atoms with Crippen molar-refractivity contribution in [3.63, 3.8) is 0 Å². The van der Waals surface area contributed by atoms with Crippen molar-refractivity contribution in [1.29, 1.82) is 0 Å². The molecule has 0 aromatic heterocycles. The van der Waals surface area contributed by atoms with E-state index in [1.165, 1.54) is 12.0 Å². The van der Waals surface area contributed by atoms with Gasteiger partial charge in [0.15, 0.2) is 0 Å². The van der Waals surface area contributed by atoms with Gasteiger partial charge in [-0.1, -0.05) is 27.5 Å². The third-order valence-electron chi connectivity index (χ3n) is 4.37. The first-order valence-corrected chi connectivity index (χ1v) is 9.49. The SMILES string of the molecule is COC(=O)C1=C(C)N(c2ccc(Cl)cc2)C(=O)/C1=C\c1cc(Br)ccc1OC.